The second kappa shape index (κ2) is 6.66. The number of hydrogen-bond acceptors (Lipinski definition) is 6. The van der Waals surface area contributed by atoms with E-state index in [2.05, 4.69) is 4.98 Å². The smallest absolute Gasteiger partial charge is 0.269 e. The van der Waals surface area contributed by atoms with Crippen LogP contribution in [-0.4, -0.2) is 37.3 Å². The number of benzene rings is 1. The summed E-state index contributed by atoms with van der Waals surface area (Å²) < 4.78 is 16.3. The third kappa shape index (κ3) is 3.19. The average Bonchev–Trinajstić information content (AvgIpc) is 2.59. The highest BCUT2D eigenvalue weighted by Crippen LogP contribution is 2.32. The van der Waals surface area contributed by atoms with Gasteiger partial charge in [-0.3, -0.25) is 9.69 Å². The van der Waals surface area contributed by atoms with Crippen LogP contribution in [-0.2, 0) is 4.79 Å². The maximum Gasteiger partial charge on any atom is 0.269 e. The summed E-state index contributed by atoms with van der Waals surface area (Å²) in [6, 6.07) is 10.6. The Morgan fingerprint density at radius 2 is 1.92 bits per heavy atom. The number of hydrogen-bond donors (Lipinski definition) is 1. The molecular weight excluding hydrogens is 310 g/mol. The number of nitrogens with zero attached hydrogens (tertiary/aromatic N) is 2. The van der Waals surface area contributed by atoms with Crippen LogP contribution in [0.15, 0.2) is 36.4 Å². The molecule has 0 saturated heterocycles. The maximum atomic E-state index is 12.4. The molecule has 1 amide bonds. The number of aromatic nitrogens is 1. The van der Waals surface area contributed by atoms with Gasteiger partial charge < -0.3 is 19.9 Å². The molecule has 1 unspecified atom stereocenters. The van der Waals surface area contributed by atoms with Crippen molar-refractivity contribution in [3.8, 4) is 17.2 Å². The quantitative estimate of drug-likeness (QED) is 0.901. The molecule has 0 radical (unpaired) electrons. The monoisotopic (exact) mass is 329 g/mol. The number of nitrogens with two attached hydrogens (primary N) is 1. The third-order valence-corrected chi connectivity index (χ3v) is 3.68. The van der Waals surface area contributed by atoms with Crippen LogP contribution in [0.1, 0.15) is 6.92 Å². The largest absolute Gasteiger partial charge is 0.497 e. The maximum absolute atomic E-state index is 12.4. The van der Waals surface area contributed by atoms with Crippen molar-refractivity contribution < 1.29 is 19.0 Å². The minimum absolute atomic E-state index is 0.168. The zero-order chi connectivity index (χ0) is 17.1. The molecule has 1 aromatic carbocycles. The highest BCUT2D eigenvalue weighted by Gasteiger charge is 2.32. The topological polar surface area (TPSA) is 86.9 Å². The first-order chi connectivity index (χ1) is 11.6. The molecule has 3 rings (SSSR count). The highest BCUT2D eigenvalue weighted by molar-refractivity contribution is 5.98. The third-order valence-electron chi connectivity index (χ3n) is 3.68. The van der Waals surface area contributed by atoms with Crippen molar-refractivity contribution in [1.82, 2.24) is 4.98 Å². The van der Waals surface area contributed by atoms with Crippen LogP contribution >= 0.6 is 0 Å². The van der Waals surface area contributed by atoms with Crippen LogP contribution in [0.2, 0.25) is 0 Å². The summed E-state index contributed by atoms with van der Waals surface area (Å²) in [7, 11) is 1.61. The Balaban J connectivity index is 1.69. The van der Waals surface area contributed by atoms with Gasteiger partial charge in [-0.05, 0) is 43.3 Å². The number of fused-ring (bicyclic) bond motifs is 1. The van der Waals surface area contributed by atoms with Gasteiger partial charge >= 0.3 is 0 Å². The van der Waals surface area contributed by atoms with Crippen LogP contribution < -0.4 is 24.8 Å². The van der Waals surface area contributed by atoms with Crippen LogP contribution in [0.25, 0.3) is 0 Å². The molecule has 0 bridgehead atoms. The minimum atomic E-state index is -0.566. The lowest BCUT2D eigenvalue weighted by Gasteiger charge is -2.31. The fourth-order valence-electron chi connectivity index (χ4n) is 2.44. The molecule has 7 heteroatoms. The van der Waals surface area contributed by atoms with Gasteiger partial charge in [-0.1, -0.05) is 0 Å². The molecule has 0 fully saturated rings. The molecule has 1 atom stereocenters. The highest BCUT2D eigenvalue weighted by atomic mass is 16.5. The predicted molar refractivity (Wildman–Crippen MR) is 89.6 cm³/mol. The molecule has 1 aliphatic rings. The van der Waals surface area contributed by atoms with Crippen molar-refractivity contribution >= 4 is 17.5 Å². The van der Waals surface area contributed by atoms with E-state index in [-0.39, 0.29) is 5.91 Å². The summed E-state index contributed by atoms with van der Waals surface area (Å²) in [4.78, 5) is 18.1. The van der Waals surface area contributed by atoms with Crippen molar-refractivity contribution in [3.05, 3.63) is 36.4 Å². The van der Waals surface area contributed by atoms with E-state index in [9.17, 15) is 4.79 Å². The van der Waals surface area contributed by atoms with Crippen molar-refractivity contribution in [2.24, 2.45) is 0 Å². The average molecular weight is 329 g/mol. The number of carbonyl (C=O) groups is 1. The standard InChI is InChI=1S/C17H19N3O4/c1-11-17(21)20(16-14(24-11)7-8-15(18)19-16)9-10-23-13-5-3-12(22-2)4-6-13/h3-8,11H,9-10H2,1-2H3,(H2,18,19). The van der Waals surface area contributed by atoms with Gasteiger partial charge in [-0.25, -0.2) is 4.98 Å². The van der Waals surface area contributed by atoms with E-state index in [4.69, 9.17) is 19.9 Å². The van der Waals surface area contributed by atoms with Crippen molar-refractivity contribution in [3.63, 3.8) is 0 Å². The number of anilines is 2. The van der Waals surface area contributed by atoms with Crippen LogP contribution in [0.3, 0.4) is 0 Å². The number of nitrogen functional groups attached to an aromatic ring is 1. The SMILES string of the molecule is COc1ccc(OCCN2C(=O)C(C)Oc3ccc(N)nc32)cc1. The Bertz CT molecular complexity index is 733. The molecule has 7 nitrogen and oxygen atoms in total. The number of carbonyl (C=O) groups excluding carboxylic acids is 1. The van der Waals surface area contributed by atoms with Crippen LogP contribution in [0.4, 0.5) is 11.6 Å². The molecule has 0 aliphatic carbocycles. The van der Waals surface area contributed by atoms with Gasteiger partial charge in [0.1, 0.15) is 23.9 Å². The van der Waals surface area contributed by atoms with Gasteiger partial charge in [0.05, 0.1) is 13.7 Å². The number of pyridine rings is 1. The lowest BCUT2D eigenvalue weighted by atomic mass is 10.2. The zero-order valence-corrected chi connectivity index (χ0v) is 13.6. The molecule has 126 valence electrons. The van der Waals surface area contributed by atoms with Gasteiger partial charge in [-0.2, -0.15) is 0 Å². The Morgan fingerprint density at radius 3 is 2.62 bits per heavy atom. The first kappa shape index (κ1) is 15.9. The number of ether oxygens (including phenoxy) is 3. The van der Waals surface area contributed by atoms with E-state index in [1.54, 1.807) is 31.1 Å². The van der Waals surface area contributed by atoms with E-state index in [0.29, 0.717) is 36.3 Å². The fraction of sp³-hybridized carbons (Fsp3) is 0.294. The zero-order valence-electron chi connectivity index (χ0n) is 13.6. The lowest BCUT2D eigenvalue weighted by molar-refractivity contribution is -0.125. The van der Waals surface area contributed by atoms with Crippen molar-refractivity contribution in [2.45, 2.75) is 13.0 Å². The summed E-state index contributed by atoms with van der Waals surface area (Å²) in [6.07, 6.45) is -0.566. The lowest BCUT2D eigenvalue weighted by Crippen LogP contribution is -2.46. The Kier molecular flexibility index (Phi) is 4.41. The Hall–Kier alpha value is -2.96. The van der Waals surface area contributed by atoms with E-state index < -0.39 is 6.10 Å². The van der Waals surface area contributed by atoms with Gasteiger partial charge in [-0.15, -0.1) is 0 Å². The molecular formula is C17H19N3O4. The minimum Gasteiger partial charge on any atom is -0.497 e. The summed E-state index contributed by atoms with van der Waals surface area (Å²) in [5.74, 6) is 2.59. The summed E-state index contributed by atoms with van der Waals surface area (Å²) in [5, 5.41) is 0. The molecule has 1 aromatic heterocycles. The van der Waals surface area contributed by atoms with E-state index in [0.717, 1.165) is 5.75 Å². The first-order valence-corrected chi connectivity index (χ1v) is 7.60. The second-order valence-electron chi connectivity index (χ2n) is 5.33. The summed E-state index contributed by atoms with van der Waals surface area (Å²) in [5.41, 5.74) is 5.72. The molecule has 2 N–H and O–H groups in total. The molecule has 1 aliphatic heterocycles. The van der Waals surface area contributed by atoms with Gasteiger partial charge in [0, 0.05) is 0 Å². The van der Waals surface area contributed by atoms with Crippen LogP contribution in [0, 0.1) is 0 Å². The summed E-state index contributed by atoms with van der Waals surface area (Å²) >= 11 is 0. The molecule has 24 heavy (non-hydrogen) atoms. The van der Waals surface area contributed by atoms with Gasteiger partial charge in [0.15, 0.2) is 17.7 Å². The van der Waals surface area contributed by atoms with E-state index in [1.165, 1.54) is 0 Å². The number of amides is 1. The van der Waals surface area contributed by atoms with Gasteiger partial charge in [0.2, 0.25) is 0 Å². The van der Waals surface area contributed by atoms with Gasteiger partial charge in [0.25, 0.3) is 5.91 Å². The van der Waals surface area contributed by atoms with E-state index in [1.807, 2.05) is 24.3 Å². The van der Waals surface area contributed by atoms with Crippen LogP contribution in [0.5, 0.6) is 17.2 Å². The predicted octanol–water partition coefficient (Wildman–Crippen LogP) is 1.87. The Labute approximate surface area is 139 Å². The summed E-state index contributed by atoms with van der Waals surface area (Å²) in [6.45, 7) is 2.38. The number of methoxy groups -OCH3 is 1. The second-order valence-corrected chi connectivity index (χ2v) is 5.33. The molecule has 0 spiro atoms. The Morgan fingerprint density at radius 1 is 1.21 bits per heavy atom. The molecule has 2 aromatic rings. The fourth-order valence-corrected chi connectivity index (χ4v) is 2.44. The molecule has 0 saturated carbocycles. The van der Waals surface area contributed by atoms with E-state index >= 15 is 0 Å². The first-order valence-electron chi connectivity index (χ1n) is 7.60. The molecule has 2 heterocycles. The van der Waals surface area contributed by atoms with Crippen molar-refractivity contribution in [2.75, 3.05) is 30.9 Å². The normalized spacial score (nSPS) is 16.3. The van der Waals surface area contributed by atoms with Crippen molar-refractivity contribution in [1.29, 1.82) is 0 Å². The number of rotatable bonds is 5.